The smallest absolute Gasteiger partial charge is 0.0931 e. The molecule has 0 nitrogen and oxygen atoms in total. The molecule has 90 valence electrons. The van der Waals surface area contributed by atoms with E-state index < -0.39 is 0 Å². The molecule has 1 aromatic carbocycles. The highest BCUT2D eigenvalue weighted by Crippen LogP contribution is 2.35. The number of thiophene rings is 1. The fourth-order valence-corrected chi connectivity index (χ4v) is 3.10. The fraction of sp³-hybridized carbons (Fsp3) is 0.286. The molecule has 0 saturated heterocycles. The first kappa shape index (κ1) is 12.9. The molecule has 2 aromatic rings. The summed E-state index contributed by atoms with van der Waals surface area (Å²) in [6.07, 6.45) is 0. The van der Waals surface area contributed by atoms with Gasteiger partial charge in [0.25, 0.3) is 0 Å². The summed E-state index contributed by atoms with van der Waals surface area (Å²) in [5, 5.41) is -0.103. The minimum absolute atomic E-state index is 0.103. The molecule has 0 N–H and O–H groups in total. The quantitative estimate of drug-likeness (QED) is 0.620. The zero-order valence-electron chi connectivity index (χ0n) is 9.78. The lowest BCUT2D eigenvalue weighted by molar-refractivity contribution is 0.865. The highest BCUT2D eigenvalue weighted by atomic mass is 35.5. The van der Waals surface area contributed by atoms with Crippen LogP contribution in [-0.4, -0.2) is 0 Å². The topological polar surface area (TPSA) is 0 Å². The van der Waals surface area contributed by atoms with E-state index in [4.69, 9.17) is 23.2 Å². The van der Waals surface area contributed by atoms with Gasteiger partial charge in [0.15, 0.2) is 0 Å². The number of alkyl halides is 1. The van der Waals surface area contributed by atoms with Crippen molar-refractivity contribution in [2.45, 2.75) is 25.1 Å². The van der Waals surface area contributed by atoms with Crippen molar-refractivity contribution < 1.29 is 0 Å². The Morgan fingerprint density at radius 3 is 2.00 bits per heavy atom. The van der Waals surface area contributed by atoms with E-state index in [1.165, 1.54) is 16.9 Å². The maximum atomic E-state index is 6.43. The Labute approximate surface area is 116 Å². The van der Waals surface area contributed by atoms with E-state index in [0.717, 1.165) is 14.8 Å². The third-order valence-electron chi connectivity index (χ3n) is 2.74. The van der Waals surface area contributed by atoms with Crippen LogP contribution in [0, 0.1) is 0 Å². The van der Waals surface area contributed by atoms with Gasteiger partial charge in [-0.25, -0.2) is 0 Å². The van der Waals surface area contributed by atoms with Crippen molar-refractivity contribution in [1.82, 2.24) is 0 Å². The molecule has 0 bridgehead atoms. The normalized spacial score (nSPS) is 13.0. The van der Waals surface area contributed by atoms with E-state index in [-0.39, 0.29) is 5.38 Å². The van der Waals surface area contributed by atoms with Gasteiger partial charge in [0.1, 0.15) is 0 Å². The second-order valence-corrected chi connectivity index (χ2v) is 6.51. The van der Waals surface area contributed by atoms with Gasteiger partial charge in [-0.2, -0.15) is 0 Å². The summed E-state index contributed by atoms with van der Waals surface area (Å²) in [5.74, 6) is 0.550. The summed E-state index contributed by atoms with van der Waals surface area (Å²) >= 11 is 13.9. The standard InChI is InChI=1S/C14H14Cl2S/c1-9(2)10-3-5-11(6-4-10)14(16)12-7-8-13(15)17-12/h3-9,14H,1-2H3. The Kier molecular flexibility index (Phi) is 4.13. The molecule has 0 aliphatic heterocycles. The van der Waals surface area contributed by atoms with Gasteiger partial charge in [-0.3, -0.25) is 0 Å². The molecule has 1 aromatic heterocycles. The SMILES string of the molecule is CC(C)c1ccc(C(Cl)c2ccc(Cl)s2)cc1. The molecule has 0 amide bonds. The minimum Gasteiger partial charge on any atom is -0.127 e. The van der Waals surface area contributed by atoms with Crippen LogP contribution in [0.1, 0.15) is 41.1 Å². The van der Waals surface area contributed by atoms with Crippen LogP contribution < -0.4 is 0 Å². The Morgan fingerprint density at radius 2 is 1.53 bits per heavy atom. The average Bonchev–Trinajstić information content (AvgIpc) is 2.75. The van der Waals surface area contributed by atoms with E-state index >= 15 is 0 Å². The molecule has 0 spiro atoms. The predicted molar refractivity (Wildman–Crippen MR) is 77.6 cm³/mol. The largest absolute Gasteiger partial charge is 0.127 e. The molecule has 1 unspecified atom stereocenters. The third-order valence-corrected chi connectivity index (χ3v) is 4.65. The van der Waals surface area contributed by atoms with E-state index in [2.05, 4.69) is 38.1 Å². The molecular formula is C14H14Cl2S. The molecule has 0 saturated carbocycles. The summed E-state index contributed by atoms with van der Waals surface area (Å²) in [6, 6.07) is 12.4. The van der Waals surface area contributed by atoms with Crippen molar-refractivity contribution in [3.63, 3.8) is 0 Å². The highest BCUT2D eigenvalue weighted by molar-refractivity contribution is 7.16. The molecule has 0 fully saturated rings. The van der Waals surface area contributed by atoms with Gasteiger partial charge < -0.3 is 0 Å². The summed E-state index contributed by atoms with van der Waals surface area (Å²) in [5.41, 5.74) is 2.46. The first-order chi connectivity index (χ1) is 8.08. The van der Waals surface area contributed by atoms with Crippen LogP contribution in [-0.2, 0) is 0 Å². The molecule has 3 heteroatoms. The summed E-state index contributed by atoms with van der Waals surface area (Å²) in [4.78, 5) is 1.09. The monoisotopic (exact) mass is 284 g/mol. The van der Waals surface area contributed by atoms with Crippen LogP contribution in [0.2, 0.25) is 4.34 Å². The fourth-order valence-electron chi connectivity index (χ4n) is 1.68. The number of benzene rings is 1. The maximum Gasteiger partial charge on any atom is 0.0931 e. The van der Waals surface area contributed by atoms with Crippen LogP contribution in [0.3, 0.4) is 0 Å². The lowest BCUT2D eigenvalue weighted by atomic mass is 10.0. The van der Waals surface area contributed by atoms with Crippen molar-refractivity contribution in [3.05, 3.63) is 56.7 Å². The molecule has 1 heterocycles. The van der Waals surface area contributed by atoms with Crippen LogP contribution >= 0.6 is 34.5 Å². The van der Waals surface area contributed by atoms with Crippen molar-refractivity contribution >= 4 is 34.5 Å². The van der Waals surface area contributed by atoms with E-state index in [9.17, 15) is 0 Å². The van der Waals surface area contributed by atoms with Crippen LogP contribution in [0.25, 0.3) is 0 Å². The van der Waals surface area contributed by atoms with Gasteiger partial charge in [0.2, 0.25) is 0 Å². The molecule has 17 heavy (non-hydrogen) atoms. The highest BCUT2D eigenvalue weighted by Gasteiger charge is 2.13. The Hall–Kier alpha value is -0.500. The number of rotatable bonds is 3. The van der Waals surface area contributed by atoms with E-state index in [1.807, 2.05) is 12.1 Å². The van der Waals surface area contributed by atoms with Crippen molar-refractivity contribution in [2.75, 3.05) is 0 Å². The Morgan fingerprint density at radius 1 is 0.941 bits per heavy atom. The first-order valence-corrected chi connectivity index (χ1v) is 7.20. The van der Waals surface area contributed by atoms with E-state index in [1.54, 1.807) is 0 Å². The molecule has 1 atom stereocenters. The molecule has 2 rings (SSSR count). The second-order valence-electron chi connectivity index (χ2n) is 4.33. The Bertz CT molecular complexity index is 485. The summed E-state index contributed by atoms with van der Waals surface area (Å²) in [6.45, 7) is 4.37. The summed E-state index contributed by atoms with van der Waals surface area (Å²) < 4.78 is 0.782. The first-order valence-electron chi connectivity index (χ1n) is 5.57. The van der Waals surface area contributed by atoms with Crippen molar-refractivity contribution in [2.24, 2.45) is 0 Å². The van der Waals surface area contributed by atoms with Gasteiger partial charge in [-0.15, -0.1) is 22.9 Å². The molecule has 0 radical (unpaired) electrons. The van der Waals surface area contributed by atoms with Crippen molar-refractivity contribution in [3.8, 4) is 0 Å². The van der Waals surface area contributed by atoms with Gasteiger partial charge in [-0.1, -0.05) is 49.7 Å². The molecule has 0 aliphatic carbocycles. The van der Waals surface area contributed by atoms with Crippen LogP contribution in [0.5, 0.6) is 0 Å². The maximum absolute atomic E-state index is 6.43. The second kappa shape index (κ2) is 5.43. The molecule has 0 aliphatic rings. The van der Waals surface area contributed by atoms with Crippen LogP contribution in [0.4, 0.5) is 0 Å². The number of hydrogen-bond donors (Lipinski definition) is 0. The minimum atomic E-state index is -0.103. The third kappa shape index (κ3) is 3.04. The van der Waals surface area contributed by atoms with Gasteiger partial charge in [-0.05, 0) is 29.2 Å². The lowest BCUT2D eigenvalue weighted by Crippen LogP contribution is -1.92. The van der Waals surface area contributed by atoms with Gasteiger partial charge in [0.05, 0.1) is 9.71 Å². The number of halogens is 2. The Balaban J connectivity index is 2.22. The van der Waals surface area contributed by atoms with E-state index in [0.29, 0.717) is 5.92 Å². The van der Waals surface area contributed by atoms with Gasteiger partial charge >= 0.3 is 0 Å². The van der Waals surface area contributed by atoms with Crippen molar-refractivity contribution in [1.29, 1.82) is 0 Å². The average molecular weight is 285 g/mol. The number of hydrogen-bond acceptors (Lipinski definition) is 1. The predicted octanol–water partition coefficient (Wildman–Crippen LogP) is 5.85. The zero-order chi connectivity index (χ0) is 12.4. The molecular weight excluding hydrogens is 271 g/mol. The summed E-state index contributed by atoms with van der Waals surface area (Å²) in [7, 11) is 0. The van der Waals surface area contributed by atoms with Gasteiger partial charge in [0, 0.05) is 4.88 Å². The lowest BCUT2D eigenvalue weighted by Gasteiger charge is -2.10. The van der Waals surface area contributed by atoms with Crippen LogP contribution in [0.15, 0.2) is 36.4 Å². The zero-order valence-corrected chi connectivity index (χ0v) is 12.1.